The molecule has 1 aromatic rings. The van der Waals surface area contributed by atoms with Crippen molar-refractivity contribution in [2.24, 2.45) is 0 Å². The Hall–Kier alpha value is -1.78. The summed E-state index contributed by atoms with van der Waals surface area (Å²) in [5.41, 5.74) is 1.69. The van der Waals surface area contributed by atoms with Crippen LogP contribution in [-0.4, -0.2) is 41.9 Å². The lowest BCUT2D eigenvalue weighted by Gasteiger charge is -2.35. The molecule has 0 heterocycles. The summed E-state index contributed by atoms with van der Waals surface area (Å²) >= 11 is 0. The molecule has 1 atom stereocenters. The van der Waals surface area contributed by atoms with Crippen LogP contribution < -0.4 is 0 Å². The average Bonchev–Trinajstić information content (AvgIpc) is 2.41. The van der Waals surface area contributed by atoms with E-state index in [1.165, 1.54) is 0 Å². The van der Waals surface area contributed by atoms with Gasteiger partial charge in [-0.05, 0) is 38.8 Å². The number of quaternary nitrogens is 1. The van der Waals surface area contributed by atoms with Gasteiger partial charge in [0.15, 0.2) is 6.20 Å². The Morgan fingerprint density at radius 1 is 1.25 bits per heavy atom. The number of ether oxygens (including phenoxy) is 2. The van der Waals surface area contributed by atoms with Crippen molar-refractivity contribution in [1.29, 1.82) is 0 Å². The second kappa shape index (κ2) is 8.36. The predicted molar refractivity (Wildman–Crippen MR) is 98.4 cm³/mol. The van der Waals surface area contributed by atoms with Crippen LogP contribution in [0, 0.1) is 0 Å². The number of benzene rings is 1. The second-order valence-electron chi connectivity index (χ2n) is 7.67. The van der Waals surface area contributed by atoms with Gasteiger partial charge in [0.2, 0.25) is 0 Å². The van der Waals surface area contributed by atoms with Crippen LogP contribution in [0.25, 0.3) is 0 Å². The first-order chi connectivity index (χ1) is 11.0. The van der Waals surface area contributed by atoms with Crippen molar-refractivity contribution >= 4 is 0 Å². The highest BCUT2D eigenvalue weighted by atomic mass is 16.6. The average molecular weight is 334 g/mol. The fourth-order valence-corrected chi connectivity index (χ4v) is 2.48. The van der Waals surface area contributed by atoms with Gasteiger partial charge in [-0.3, -0.25) is 4.48 Å². The molecule has 0 spiro atoms. The van der Waals surface area contributed by atoms with E-state index in [2.05, 4.69) is 6.58 Å². The summed E-state index contributed by atoms with van der Waals surface area (Å²) in [5.74, 6) is -0.0817. The zero-order chi connectivity index (χ0) is 18.4. The summed E-state index contributed by atoms with van der Waals surface area (Å²) in [6.07, 6.45) is 1.69. The van der Waals surface area contributed by atoms with Gasteiger partial charge in [0.05, 0.1) is 20.7 Å². The zero-order valence-electron chi connectivity index (χ0n) is 15.9. The van der Waals surface area contributed by atoms with E-state index in [0.29, 0.717) is 17.7 Å². The highest BCUT2D eigenvalue weighted by molar-refractivity contribution is 5.13. The number of hydrogen-bond acceptors (Lipinski definition) is 3. The Morgan fingerprint density at radius 2 is 1.83 bits per heavy atom. The summed E-state index contributed by atoms with van der Waals surface area (Å²) in [6, 6.07) is 10.1. The molecule has 4 heteroatoms. The number of nitrogens with zero attached hydrogens (tertiary/aromatic N) is 1. The van der Waals surface area contributed by atoms with Crippen molar-refractivity contribution in [3.8, 4) is 0 Å². The number of aliphatic hydroxyl groups excluding tert-OH is 1. The van der Waals surface area contributed by atoms with E-state index < -0.39 is 5.60 Å². The molecule has 134 valence electrons. The Kier molecular flexibility index (Phi) is 7.06. The van der Waals surface area contributed by atoms with E-state index in [4.69, 9.17) is 9.47 Å². The molecule has 0 bridgehead atoms. The van der Waals surface area contributed by atoms with Crippen LogP contribution in [0.15, 0.2) is 54.6 Å². The molecule has 0 radical (unpaired) electrons. The minimum Gasteiger partial charge on any atom is -0.477 e. The first kappa shape index (κ1) is 20.3. The molecule has 0 aliphatic heterocycles. The minimum atomic E-state index is -0.441. The molecule has 0 saturated carbocycles. The van der Waals surface area contributed by atoms with Crippen LogP contribution in [0.4, 0.5) is 0 Å². The number of hydrogen-bond donors (Lipinski definition) is 1. The second-order valence-corrected chi connectivity index (χ2v) is 7.67. The first-order valence-electron chi connectivity index (χ1n) is 8.22. The van der Waals surface area contributed by atoms with Gasteiger partial charge < -0.3 is 14.6 Å². The molecule has 1 unspecified atom stereocenters. The standard InChI is InChI=1S/C20H31NO3/c1-16(2)18(15-23-14-17-11-9-8-10-12-17)21(6,7)13-19(22)24-20(3,4)5/h8-13,18H,1,14-15H2,2-7H3/p+1/b19-13+. The molecular formula is C20H32NO3+. The van der Waals surface area contributed by atoms with Gasteiger partial charge in [0.25, 0.3) is 0 Å². The van der Waals surface area contributed by atoms with Crippen molar-refractivity contribution in [1.82, 2.24) is 0 Å². The maximum atomic E-state index is 10.1. The van der Waals surface area contributed by atoms with E-state index in [9.17, 15) is 5.11 Å². The van der Waals surface area contributed by atoms with E-state index in [1.807, 2.05) is 72.1 Å². The Balaban J connectivity index is 2.74. The summed E-state index contributed by atoms with van der Waals surface area (Å²) in [6.45, 7) is 12.8. The van der Waals surface area contributed by atoms with Gasteiger partial charge in [-0.25, -0.2) is 0 Å². The van der Waals surface area contributed by atoms with Gasteiger partial charge in [-0.15, -0.1) is 0 Å². The normalized spacial score (nSPS) is 14.3. The monoisotopic (exact) mass is 334 g/mol. The van der Waals surface area contributed by atoms with Gasteiger partial charge in [-0.2, -0.15) is 0 Å². The smallest absolute Gasteiger partial charge is 0.333 e. The third kappa shape index (κ3) is 7.20. The molecule has 4 nitrogen and oxygen atoms in total. The molecule has 0 aliphatic carbocycles. The van der Waals surface area contributed by atoms with Crippen molar-refractivity contribution in [3.63, 3.8) is 0 Å². The molecule has 1 rings (SSSR count). The van der Waals surface area contributed by atoms with Gasteiger partial charge >= 0.3 is 5.95 Å². The third-order valence-electron chi connectivity index (χ3n) is 3.61. The molecule has 1 N–H and O–H groups in total. The van der Waals surface area contributed by atoms with Crippen molar-refractivity contribution in [2.75, 3.05) is 20.7 Å². The molecule has 0 saturated heterocycles. The van der Waals surface area contributed by atoms with Gasteiger partial charge in [0, 0.05) is 0 Å². The molecule has 0 fully saturated rings. The lowest BCUT2D eigenvalue weighted by atomic mass is 10.1. The quantitative estimate of drug-likeness (QED) is 0.435. The number of rotatable bonds is 8. The Bertz CT molecular complexity index is 556. The fraction of sp³-hybridized carbons (Fsp3) is 0.500. The lowest BCUT2D eigenvalue weighted by molar-refractivity contribution is -0.862. The Morgan fingerprint density at radius 3 is 2.33 bits per heavy atom. The van der Waals surface area contributed by atoms with Crippen LogP contribution >= 0.6 is 0 Å². The van der Waals surface area contributed by atoms with Crippen molar-refractivity contribution in [3.05, 3.63) is 60.2 Å². The fourth-order valence-electron chi connectivity index (χ4n) is 2.48. The van der Waals surface area contributed by atoms with Crippen molar-refractivity contribution in [2.45, 2.75) is 45.9 Å². The summed E-state index contributed by atoms with van der Waals surface area (Å²) in [5, 5.41) is 10.1. The molecule has 0 aromatic heterocycles. The lowest BCUT2D eigenvalue weighted by Crippen LogP contribution is -2.48. The van der Waals surface area contributed by atoms with E-state index in [-0.39, 0.29) is 12.0 Å². The SMILES string of the molecule is C=C(C)C(COCc1ccccc1)[N+](C)(C)/C=C(\O)OC(C)(C)C. The van der Waals surface area contributed by atoms with Crippen LogP contribution in [0.3, 0.4) is 0 Å². The third-order valence-corrected chi connectivity index (χ3v) is 3.61. The predicted octanol–water partition coefficient (Wildman–Crippen LogP) is 4.40. The van der Waals surface area contributed by atoms with E-state index in [0.717, 1.165) is 11.1 Å². The van der Waals surface area contributed by atoms with Crippen LogP contribution in [0.5, 0.6) is 0 Å². The van der Waals surface area contributed by atoms with Crippen LogP contribution in [0.1, 0.15) is 33.3 Å². The van der Waals surface area contributed by atoms with Gasteiger partial charge in [0.1, 0.15) is 18.2 Å². The zero-order valence-corrected chi connectivity index (χ0v) is 15.9. The Labute approximate surface area is 146 Å². The molecule has 24 heavy (non-hydrogen) atoms. The molecule has 0 aliphatic rings. The van der Waals surface area contributed by atoms with Crippen LogP contribution in [0.2, 0.25) is 0 Å². The highest BCUT2D eigenvalue weighted by Gasteiger charge is 2.30. The topological polar surface area (TPSA) is 38.7 Å². The first-order valence-corrected chi connectivity index (χ1v) is 8.22. The van der Waals surface area contributed by atoms with Crippen LogP contribution in [-0.2, 0) is 16.1 Å². The molecular weight excluding hydrogens is 302 g/mol. The molecule has 0 amide bonds. The maximum absolute atomic E-state index is 10.1. The maximum Gasteiger partial charge on any atom is 0.333 e. The minimum absolute atomic E-state index is 0.0134. The molecule has 1 aromatic carbocycles. The summed E-state index contributed by atoms with van der Waals surface area (Å²) in [7, 11) is 3.99. The summed E-state index contributed by atoms with van der Waals surface area (Å²) in [4.78, 5) is 0. The highest BCUT2D eigenvalue weighted by Crippen LogP contribution is 2.20. The van der Waals surface area contributed by atoms with Gasteiger partial charge in [-0.1, -0.05) is 36.9 Å². The summed E-state index contributed by atoms with van der Waals surface area (Å²) < 4.78 is 11.8. The number of likely N-dealkylation sites (N-methyl/N-ethyl adjacent to an activating group) is 1. The van der Waals surface area contributed by atoms with Crippen molar-refractivity contribution < 1.29 is 19.1 Å². The number of aliphatic hydroxyl groups is 1. The largest absolute Gasteiger partial charge is 0.477 e. The van der Waals surface area contributed by atoms with E-state index in [1.54, 1.807) is 6.20 Å². The van der Waals surface area contributed by atoms with E-state index >= 15 is 0 Å².